The number of rotatable bonds is 6. The van der Waals surface area contributed by atoms with Crippen LogP contribution in [-0.4, -0.2) is 15.5 Å². The molecular weight excluding hydrogens is 378 g/mol. The first-order chi connectivity index (χ1) is 10.9. The number of hydrogen-bond donors (Lipinski definition) is 1. The average molecular weight is 398 g/mol. The summed E-state index contributed by atoms with van der Waals surface area (Å²) in [6, 6.07) is 12.2. The number of nitrogens with one attached hydrogen (secondary N) is 1. The van der Waals surface area contributed by atoms with Gasteiger partial charge in [0.1, 0.15) is 5.75 Å². The summed E-state index contributed by atoms with van der Waals surface area (Å²) in [4.78, 5) is 0.184. The van der Waals surface area contributed by atoms with Crippen molar-refractivity contribution in [1.82, 2.24) is 0 Å². The van der Waals surface area contributed by atoms with Gasteiger partial charge in [0.2, 0.25) is 0 Å². The number of methoxy groups -OCH3 is 1. The highest BCUT2D eigenvalue weighted by Crippen LogP contribution is 2.31. The van der Waals surface area contributed by atoms with Gasteiger partial charge in [-0.15, -0.1) is 0 Å². The molecule has 0 saturated carbocycles. The van der Waals surface area contributed by atoms with Gasteiger partial charge in [-0.2, -0.15) is 0 Å². The number of halogens is 1. The van der Waals surface area contributed by atoms with Gasteiger partial charge < -0.3 is 4.74 Å². The van der Waals surface area contributed by atoms with Gasteiger partial charge in [0.05, 0.1) is 22.2 Å². The second-order valence-electron chi connectivity index (χ2n) is 5.30. The largest absolute Gasteiger partial charge is 0.496 e. The summed E-state index contributed by atoms with van der Waals surface area (Å²) in [6.07, 6.45) is 0.937. The van der Waals surface area contributed by atoms with Crippen LogP contribution in [0.3, 0.4) is 0 Å². The molecule has 0 spiro atoms. The molecule has 0 aliphatic carbocycles. The molecular formula is C17H20BrNO3S. The van der Waals surface area contributed by atoms with Crippen molar-refractivity contribution in [2.45, 2.75) is 31.1 Å². The van der Waals surface area contributed by atoms with Crippen molar-refractivity contribution in [3.63, 3.8) is 0 Å². The molecule has 0 aromatic heterocycles. The Morgan fingerprint density at radius 2 is 1.91 bits per heavy atom. The first-order valence-electron chi connectivity index (χ1n) is 7.34. The van der Waals surface area contributed by atoms with Gasteiger partial charge in [-0.3, -0.25) is 4.72 Å². The summed E-state index contributed by atoms with van der Waals surface area (Å²) in [7, 11) is -2.12. The van der Waals surface area contributed by atoms with E-state index in [1.54, 1.807) is 12.1 Å². The lowest BCUT2D eigenvalue weighted by Crippen LogP contribution is -2.15. The maximum absolute atomic E-state index is 12.6. The van der Waals surface area contributed by atoms with Crippen LogP contribution in [0.25, 0.3) is 0 Å². The summed E-state index contributed by atoms with van der Waals surface area (Å²) in [5.41, 5.74) is 1.61. The van der Waals surface area contributed by atoms with Gasteiger partial charge in [0, 0.05) is 0 Å². The Labute approximate surface area is 146 Å². The average Bonchev–Trinajstić information content (AvgIpc) is 2.54. The van der Waals surface area contributed by atoms with Crippen LogP contribution in [0.4, 0.5) is 5.69 Å². The Kier molecular flexibility index (Phi) is 5.70. The molecule has 4 nitrogen and oxygen atoms in total. The van der Waals surface area contributed by atoms with Gasteiger partial charge in [-0.1, -0.05) is 32.0 Å². The summed E-state index contributed by atoms with van der Waals surface area (Å²) in [5, 5.41) is 0. The van der Waals surface area contributed by atoms with Crippen molar-refractivity contribution in [3.05, 3.63) is 52.5 Å². The second-order valence-corrected chi connectivity index (χ2v) is 7.84. The van der Waals surface area contributed by atoms with Crippen LogP contribution in [0.1, 0.15) is 31.7 Å². The highest BCUT2D eigenvalue weighted by molar-refractivity contribution is 9.10. The molecule has 0 heterocycles. The molecule has 1 N–H and O–H groups in total. The van der Waals surface area contributed by atoms with E-state index >= 15 is 0 Å². The zero-order valence-corrected chi connectivity index (χ0v) is 15.7. The number of sulfonamides is 1. The first-order valence-corrected chi connectivity index (χ1v) is 9.62. The van der Waals surface area contributed by atoms with Crippen LogP contribution in [0.2, 0.25) is 0 Å². The molecule has 0 amide bonds. The van der Waals surface area contributed by atoms with Gasteiger partial charge >= 0.3 is 0 Å². The van der Waals surface area contributed by atoms with Crippen LogP contribution in [0.5, 0.6) is 5.75 Å². The van der Waals surface area contributed by atoms with Crippen LogP contribution in [-0.2, 0) is 10.0 Å². The van der Waals surface area contributed by atoms with E-state index in [9.17, 15) is 8.42 Å². The van der Waals surface area contributed by atoms with Gasteiger partial charge in [-0.05, 0) is 58.1 Å². The maximum Gasteiger partial charge on any atom is 0.261 e. The van der Waals surface area contributed by atoms with Gasteiger partial charge in [-0.25, -0.2) is 8.42 Å². The molecule has 0 bridgehead atoms. The summed E-state index contributed by atoms with van der Waals surface area (Å²) >= 11 is 3.32. The highest BCUT2D eigenvalue weighted by Gasteiger charge is 2.18. The highest BCUT2D eigenvalue weighted by atomic mass is 79.9. The summed E-state index contributed by atoms with van der Waals surface area (Å²) in [5.74, 6) is 0.862. The molecule has 0 aliphatic heterocycles. The van der Waals surface area contributed by atoms with Crippen molar-refractivity contribution >= 4 is 31.6 Å². The molecule has 2 aromatic carbocycles. The number of anilines is 1. The first kappa shape index (κ1) is 17.8. The Morgan fingerprint density at radius 3 is 2.52 bits per heavy atom. The minimum absolute atomic E-state index is 0.184. The van der Waals surface area contributed by atoms with Gasteiger partial charge in [0.25, 0.3) is 10.0 Å². The molecule has 2 rings (SSSR count). The SMILES string of the molecule is CCC(C)c1ccccc1NS(=O)(=O)c1ccc(OC)c(Br)c1. The standard InChI is InChI=1S/C17H20BrNO3S/c1-4-12(2)14-7-5-6-8-16(14)19-23(20,21)13-9-10-17(22-3)15(18)11-13/h5-12,19H,4H2,1-3H3. The van der Waals surface area contributed by atoms with Crippen LogP contribution < -0.4 is 9.46 Å². The molecule has 0 radical (unpaired) electrons. The number of para-hydroxylation sites is 1. The zero-order valence-electron chi connectivity index (χ0n) is 13.3. The number of hydrogen-bond acceptors (Lipinski definition) is 3. The van der Waals surface area contributed by atoms with Crippen molar-refractivity contribution in [2.75, 3.05) is 11.8 Å². The summed E-state index contributed by atoms with van der Waals surface area (Å²) in [6.45, 7) is 4.16. The minimum atomic E-state index is -3.66. The molecule has 0 aliphatic rings. The normalized spacial score (nSPS) is 12.7. The molecule has 2 aromatic rings. The van der Waals surface area contributed by atoms with Crippen molar-refractivity contribution in [2.24, 2.45) is 0 Å². The van der Waals surface area contributed by atoms with E-state index in [1.165, 1.54) is 19.2 Å². The number of benzene rings is 2. The Morgan fingerprint density at radius 1 is 1.22 bits per heavy atom. The fourth-order valence-corrected chi connectivity index (χ4v) is 4.06. The molecule has 6 heteroatoms. The topological polar surface area (TPSA) is 55.4 Å². The molecule has 124 valence electrons. The van der Waals surface area contributed by atoms with E-state index in [1.807, 2.05) is 18.2 Å². The lowest BCUT2D eigenvalue weighted by atomic mass is 9.97. The van der Waals surface area contributed by atoms with Gasteiger partial charge in [0.15, 0.2) is 0 Å². The van der Waals surface area contributed by atoms with Crippen LogP contribution >= 0.6 is 15.9 Å². The molecule has 1 atom stereocenters. The smallest absolute Gasteiger partial charge is 0.261 e. The van der Waals surface area contributed by atoms with Crippen molar-refractivity contribution in [3.8, 4) is 5.75 Å². The van der Waals surface area contributed by atoms with E-state index in [4.69, 9.17) is 4.74 Å². The third kappa shape index (κ3) is 4.06. The summed E-state index contributed by atoms with van der Waals surface area (Å²) < 4.78 is 33.7. The van der Waals surface area contributed by atoms with Crippen LogP contribution in [0, 0.1) is 0 Å². The molecule has 0 fully saturated rings. The molecule has 23 heavy (non-hydrogen) atoms. The fraction of sp³-hybridized carbons (Fsp3) is 0.294. The predicted octanol–water partition coefficient (Wildman–Crippen LogP) is 4.77. The Balaban J connectivity index is 2.38. The Bertz CT molecular complexity index is 790. The van der Waals surface area contributed by atoms with Crippen molar-refractivity contribution < 1.29 is 13.2 Å². The maximum atomic E-state index is 12.6. The zero-order chi connectivity index (χ0) is 17.0. The van der Waals surface area contributed by atoms with E-state index in [2.05, 4.69) is 34.5 Å². The van der Waals surface area contributed by atoms with Crippen LogP contribution in [0.15, 0.2) is 51.8 Å². The third-order valence-corrected chi connectivity index (χ3v) is 5.76. The number of ether oxygens (including phenoxy) is 1. The van der Waals surface area contributed by atoms with E-state index in [-0.39, 0.29) is 10.8 Å². The van der Waals surface area contributed by atoms with Crippen molar-refractivity contribution in [1.29, 1.82) is 0 Å². The van der Waals surface area contributed by atoms with E-state index in [0.29, 0.717) is 15.9 Å². The fourth-order valence-electron chi connectivity index (χ4n) is 2.26. The molecule has 0 saturated heterocycles. The quantitative estimate of drug-likeness (QED) is 0.763. The predicted molar refractivity (Wildman–Crippen MR) is 96.7 cm³/mol. The van der Waals surface area contributed by atoms with E-state index < -0.39 is 10.0 Å². The minimum Gasteiger partial charge on any atom is -0.496 e. The lowest BCUT2D eigenvalue weighted by Gasteiger charge is -2.17. The monoisotopic (exact) mass is 397 g/mol. The molecule has 1 unspecified atom stereocenters. The third-order valence-electron chi connectivity index (χ3n) is 3.78. The second kappa shape index (κ2) is 7.36. The lowest BCUT2D eigenvalue weighted by molar-refractivity contribution is 0.411. The van der Waals surface area contributed by atoms with E-state index in [0.717, 1.165) is 12.0 Å². The Hall–Kier alpha value is -1.53.